The van der Waals surface area contributed by atoms with Crippen LogP contribution in [0, 0.1) is 0 Å². The zero-order valence-electron chi connectivity index (χ0n) is 11.7. The van der Waals surface area contributed by atoms with Gasteiger partial charge in [-0.15, -0.1) is 0 Å². The number of phenols is 1. The highest BCUT2D eigenvalue weighted by Gasteiger charge is 2.16. The van der Waals surface area contributed by atoms with Crippen LogP contribution in [0.5, 0.6) is 5.75 Å². The van der Waals surface area contributed by atoms with Crippen molar-refractivity contribution in [2.24, 2.45) is 0 Å². The lowest BCUT2D eigenvalue weighted by Crippen LogP contribution is -2.37. The number of amides is 1. The third kappa shape index (κ3) is 3.84. The second-order valence-corrected chi connectivity index (χ2v) is 5.82. The molecule has 0 radical (unpaired) electrons. The van der Waals surface area contributed by atoms with E-state index in [2.05, 4.69) is 23.8 Å². The molecule has 2 aromatic rings. The van der Waals surface area contributed by atoms with Crippen LogP contribution in [-0.2, 0) is 17.6 Å². The summed E-state index contributed by atoms with van der Waals surface area (Å²) in [5.74, 6) is 0.266. The van der Waals surface area contributed by atoms with Crippen molar-refractivity contribution in [2.45, 2.75) is 25.8 Å². The summed E-state index contributed by atoms with van der Waals surface area (Å²) in [6, 6.07) is 9.11. The van der Waals surface area contributed by atoms with Crippen molar-refractivity contribution in [3.05, 3.63) is 52.2 Å². The molecular formula is C16H19NO2S. The van der Waals surface area contributed by atoms with Gasteiger partial charge in [0.1, 0.15) is 5.75 Å². The lowest BCUT2D eigenvalue weighted by molar-refractivity contribution is -0.130. The number of hydrogen-bond donors (Lipinski definition) is 1. The predicted octanol–water partition coefficient (Wildman–Crippen LogP) is 3.09. The summed E-state index contributed by atoms with van der Waals surface area (Å²) in [7, 11) is 1.84. The standard InChI is InChI=1S/C16H19NO2S/c1-12(8-14-6-7-20-11-14)17(2)16(19)10-13-4-3-5-15(18)9-13/h3-7,9,11-12,18H,8,10H2,1-2H3/t12-/m1/s1. The fourth-order valence-corrected chi connectivity index (χ4v) is 2.78. The first-order chi connectivity index (χ1) is 9.56. The van der Waals surface area contributed by atoms with E-state index >= 15 is 0 Å². The summed E-state index contributed by atoms with van der Waals surface area (Å²) >= 11 is 1.67. The Morgan fingerprint density at radius 3 is 2.80 bits per heavy atom. The van der Waals surface area contributed by atoms with Crippen molar-refractivity contribution in [2.75, 3.05) is 7.05 Å². The van der Waals surface area contributed by atoms with Gasteiger partial charge in [0, 0.05) is 13.1 Å². The molecule has 1 amide bonds. The number of rotatable bonds is 5. The van der Waals surface area contributed by atoms with Crippen molar-refractivity contribution in [3.63, 3.8) is 0 Å². The molecule has 0 unspecified atom stereocenters. The van der Waals surface area contributed by atoms with Crippen molar-refractivity contribution in [3.8, 4) is 5.75 Å². The number of benzene rings is 1. The Bertz CT molecular complexity index is 566. The Morgan fingerprint density at radius 1 is 1.35 bits per heavy atom. The molecule has 0 aliphatic rings. The average molecular weight is 289 g/mol. The molecule has 3 nitrogen and oxygen atoms in total. The molecule has 0 aliphatic carbocycles. The van der Waals surface area contributed by atoms with E-state index < -0.39 is 0 Å². The fourth-order valence-electron chi connectivity index (χ4n) is 2.10. The molecule has 4 heteroatoms. The number of phenolic OH excluding ortho intramolecular Hbond substituents is 1. The van der Waals surface area contributed by atoms with E-state index in [1.165, 1.54) is 5.56 Å². The quantitative estimate of drug-likeness (QED) is 0.919. The number of hydrogen-bond acceptors (Lipinski definition) is 3. The maximum Gasteiger partial charge on any atom is 0.226 e. The first-order valence-corrected chi connectivity index (χ1v) is 7.55. The Labute approximate surface area is 123 Å². The van der Waals surface area contributed by atoms with Gasteiger partial charge in [-0.1, -0.05) is 12.1 Å². The minimum atomic E-state index is 0.0679. The predicted molar refractivity (Wildman–Crippen MR) is 82.1 cm³/mol. The molecule has 1 aromatic carbocycles. The molecule has 1 atom stereocenters. The number of thiophene rings is 1. The highest BCUT2D eigenvalue weighted by Crippen LogP contribution is 2.14. The molecule has 20 heavy (non-hydrogen) atoms. The van der Waals surface area contributed by atoms with Gasteiger partial charge in [-0.05, 0) is 53.4 Å². The van der Waals surface area contributed by atoms with Crippen LogP contribution in [0.25, 0.3) is 0 Å². The van der Waals surface area contributed by atoms with Gasteiger partial charge in [0.2, 0.25) is 5.91 Å². The molecule has 1 aromatic heterocycles. The minimum absolute atomic E-state index is 0.0679. The lowest BCUT2D eigenvalue weighted by Gasteiger charge is -2.25. The summed E-state index contributed by atoms with van der Waals surface area (Å²) in [5.41, 5.74) is 2.10. The van der Waals surface area contributed by atoms with E-state index in [-0.39, 0.29) is 17.7 Å². The van der Waals surface area contributed by atoms with Crippen molar-refractivity contribution < 1.29 is 9.90 Å². The van der Waals surface area contributed by atoms with Crippen LogP contribution < -0.4 is 0 Å². The molecule has 0 fully saturated rings. The summed E-state index contributed by atoms with van der Waals surface area (Å²) in [6.07, 6.45) is 1.19. The van der Waals surface area contributed by atoms with Crippen LogP contribution in [0.3, 0.4) is 0 Å². The smallest absolute Gasteiger partial charge is 0.226 e. The topological polar surface area (TPSA) is 40.5 Å². The van der Waals surface area contributed by atoms with Crippen LogP contribution in [0.4, 0.5) is 0 Å². The molecule has 2 rings (SSSR count). The average Bonchev–Trinajstić information content (AvgIpc) is 2.90. The zero-order chi connectivity index (χ0) is 14.5. The highest BCUT2D eigenvalue weighted by molar-refractivity contribution is 7.07. The van der Waals surface area contributed by atoms with E-state index in [9.17, 15) is 9.90 Å². The first-order valence-electron chi connectivity index (χ1n) is 6.61. The molecule has 1 heterocycles. The molecular weight excluding hydrogens is 270 g/mol. The van der Waals surface area contributed by atoms with E-state index in [1.807, 2.05) is 13.1 Å². The summed E-state index contributed by atoms with van der Waals surface area (Å²) in [6.45, 7) is 2.05. The molecule has 1 N–H and O–H groups in total. The highest BCUT2D eigenvalue weighted by atomic mass is 32.1. The lowest BCUT2D eigenvalue weighted by atomic mass is 10.1. The van der Waals surface area contributed by atoms with Crippen molar-refractivity contribution in [1.29, 1.82) is 0 Å². The Morgan fingerprint density at radius 2 is 2.15 bits per heavy atom. The number of likely N-dealkylation sites (N-methyl/N-ethyl adjacent to an activating group) is 1. The van der Waals surface area contributed by atoms with E-state index in [0.29, 0.717) is 6.42 Å². The molecule has 0 aliphatic heterocycles. The summed E-state index contributed by atoms with van der Waals surface area (Å²) in [4.78, 5) is 14.0. The number of carbonyl (C=O) groups is 1. The molecule has 0 saturated heterocycles. The Kier molecular flexibility index (Phi) is 4.79. The maximum atomic E-state index is 12.2. The normalized spacial score (nSPS) is 12.1. The second kappa shape index (κ2) is 6.57. The van der Waals surface area contributed by atoms with E-state index in [1.54, 1.807) is 34.4 Å². The monoisotopic (exact) mass is 289 g/mol. The molecule has 106 valence electrons. The second-order valence-electron chi connectivity index (χ2n) is 5.04. The fraction of sp³-hybridized carbons (Fsp3) is 0.312. The van der Waals surface area contributed by atoms with Gasteiger partial charge in [-0.25, -0.2) is 0 Å². The van der Waals surface area contributed by atoms with Crippen LogP contribution in [0.15, 0.2) is 41.1 Å². The number of carbonyl (C=O) groups excluding carboxylic acids is 1. The van der Waals surface area contributed by atoms with Crippen LogP contribution in [0.2, 0.25) is 0 Å². The third-order valence-corrected chi connectivity index (χ3v) is 4.16. The van der Waals surface area contributed by atoms with Crippen LogP contribution >= 0.6 is 11.3 Å². The molecule has 0 saturated carbocycles. The SMILES string of the molecule is C[C@H](Cc1ccsc1)N(C)C(=O)Cc1cccc(O)c1. The molecule has 0 bridgehead atoms. The zero-order valence-corrected chi connectivity index (χ0v) is 12.6. The number of nitrogens with zero attached hydrogens (tertiary/aromatic N) is 1. The van der Waals surface area contributed by atoms with Gasteiger partial charge in [0.15, 0.2) is 0 Å². The van der Waals surface area contributed by atoms with Gasteiger partial charge >= 0.3 is 0 Å². The maximum absolute atomic E-state index is 12.2. The summed E-state index contributed by atoms with van der Waals surface area (Å²) in [5, 5.41) is 13.6. The largest absolute Gasteiger partial charge is 0.508 e. The van der Waals surface area contributed by atoms with Crippen molar-refractivity contribution in [1.82, 2.24) is 4.90 Å². The first kappa shape index (κ1) is 14.6. The van der Waals surface area contributed by atoms with Gasteiger partial charge in [-0.2, -0.15) is 11.3 Å². The Balaban J connectivity index is 1.94. The van der Waals surface area contributed by atoms with Gasteiger partial charge in [-0.3, -0.25) is 4.79 Å². The number of aromatic hydroxyl groups is 1. The van der Waals surface area contributed by atoms with Crippen LogP contribution in [0.1, 0.15) is 18.1 Å². The van der Waals surface area contributed by atoms with Gasteiger partial charge in [0.05, 0.1) is 6.42 Å². The van der Waals surface area contributed by atoms with E-state index in [0.717, 1.165) is 12.0 Å². The third-order valence-electron chi connectivity index (χ3n) is 3.43. The van der Waals surface area contributed by atoms with Gasteiger partial charge in [0.25, 0.3) is 0 Å². The molecule has 0 spiro atoms. The van der Waals surface area contributed by atoms with Crippen molar-refractivity contribution >= 4 is 17.2 Å². The minimum Gasteiger partial charge on any atom is -0.508 e. The Hall–Kier alpha value is -1.81. The van der Waals surface area contributed by atoms with Gasteiger partial charge < -0.3 is 10.0 Å². The van der Waals surface area contributed by atoms with Crippen LogP contribution in [-0.4, -0.2) is 29.0 Å². The van der Waals surface area contributed by atoms with E-state index in [4.69, 9.17) is 0 Å². The summed E-state index contributed by atoms with van der Waals surface area (Å²) < 4.78 is 0.